The Labute approximate surface area is 113 Å². The van der Waals surface area contributed by atoms with Crippen molar-refractivity contribution in [3.63, 3.8) is 0 Å². The van der Waals surface area contributed by atoms with E-state index in [2.05, 4.69) is 6.07 Å². The molecule has 3 rings (SSSR count). The minimum atomic E-state index is -1.09. The lowest BCUT2D eigenvalue weighted by Crippen LogP contribution is -2.23. The molecule has 2 aromatic rings. The van der Waals surface area contributed by atoms with Gasteiger partial charge in [0, 0.05) is 4.90 Å². The second kappa shape index (κ2) is 4.20. The van der Waals surface area contributed by atoms with Gasteiger partial charge in [0.1, 0.15) is 5.82 Å². The normalized spacial score (nSPS) is 16.5. The second-order valence-electron chi connectivity index (χ2n) is 4.48. The molecule has 0 nitrogen and oxygen atoms in total. The maximum Gasteiger partial charge on any atom is 0.123 e. The average Bonchev–Trinajstić information content (AvgIpc) is 2.43. The number of rotatable bonds is 0. The molecule has 1 aliphatic rings. The van der Waals surface area contributed by atoms with E-state index in [1.165, 1.54) is 29.5 Å². The Hall–Kier alpha value is -1.15. The molecule has 1 aliphatic heterocycles. The molecular weight excluding hydrogens is 241 g/mol. The minimum absolute atomic E-state index is 0.305. The lowest BCUT2D eigenvalue weighted by Gasteiger charge is -2.26. The highest BCUT2D eigenvalue weighted by Gasteiger charge is 2.28. The van der Waals surface area contributed by atoms with Gasteiger partial charge in [-0.15, -0.1) is 11.8 Å². The standard InChI is InChI=1S/C14H9B2FS/c15-14(16)12-8-11(17)6-5-9(12)7-10-3-1-2-4-13(10)18-14/h1-6,8H,7H2. The number of hydrogen-bond acceptors (Lipinski definition) is 1. The summed E-state index contributed by atoms with van der Waals surface area (Å²) in [6.45, 7) is 0. The first-order chi connectivity index (χ1) is 8.56. The van der Waals surface area contributed by atoms with Crippen LogP contribution in [0.4, 0.5) is 4.39 Å². The molecule has 0 saturated heterocycles. The van der Waals surface area contributed by atoms with Gasteiger partial charge in [0.2, 0.25) is 0 Å². The van der Waals surface area contributed by atoms with E-state index in [1.807, 2.05) is 18.2 Å². The molecule has 2 aromatic carbocycles. The Kier molecular flexibility index (Phi) is 2.78. The molecule has 0 aromatic heterocycles. The Balaban J connectivity index is 2.21. The van der Waals surface area contributed by atoms with Crippen molar-refractivity contribution in [3.05, 3.63) is 65.0 Å². The monoisotopic (exact) mass is 250 g/mol. The maximum atomic E-state index is 13.4. The molecule has 0 atom stereocenters. The molecule has 4 radical (unpaired) electrons. The summed E-state index contributed by atoms with van der Waals surface area (Å²) in [6.07, 6.45) is 0.731. The van der Waals surface area contributed by atoms with E-state index in [0.29, 0.717) is 5.56 Å². The van der Waals surface area contributed by atoms with Crippen LogP contribution >= 0.6 is 11.8 Å². The van der Waals surface area contributed by atoms with Crippen LogP contribution in [0.5, 0.6) is 0 Å². The summed E-state index contributed by atoms with van der Waals surface area (Å²) >= 11 is 1.38. The summed E-state index contributed by atoms with van der Waals surface area (Å²) in [5, 5.41) is 0. The second-order valence-corrected chi connectivity index (χ2v) is 5.80. The van der Waals surface area contributed by atoms with Crippen LogP contribution in [-0.4, -0.2) is 15.7 Å². The van der Waals surface area contributed by atoms with Gasteiger partial charge in [0.25, 0.3) is 0 Å². The third kappa shape index (κ3) is 1.99. The van der Waals surface area contributed by atoms with Gasteiger partial charge < -0.3 is 0 Å². The van der Waals surface area contributed by atoms with Gasteiger partial charge in [0.15, 0.2) is 0 Å². The van der Waals surface area contributed by atoms with Crippen LogP contribution in [0.1, 0.15) is 16.7 Å². The van der Waals surface area contributed by atoms with Crippen LogP contribution < -0.4 is 0 Å². The Bertz CT molecular complexity index is 610. The minimum Gasteiger partial charge on any atom is -0.207 e. The van der Waals surface area contributed by atoms with E-state index in [0.717, 1.165) is 16.9 Å². The average molecular weight is 250 g/mol. The van der Waals surface area contributed by atoms with Gasteiger partial charge in [-0.3, -0.25) is 0 Å². The van der Waals surface area contributed by atoms with Crippen LogP contribution in [0, 0.1) is 5.82 Å². The summed E-state index contributed by atoms with van der Waals surface area (Å²) in [5.74, 6) is -0.305. The topological polar surface area (TPSA) is 0 Å². The fraction of sp³-hybridized carbons (Fsp3) is 0.143. The first-order valence-electron chi connectivity index (χ1n) is 5.70. The summed E-state index contributed by atoms with van der Waals surface area (Å²) in [7, 11) is 12.3. The number of fused-ring (bicyclic) bond motifs is 2. The Morgan fingerprint density at radius 2 is 1.83 bits per heavy atom. The molecule has 4 heteroatoms. The van der Waals surface area contributed by atoms with Gasteiger partial charge in [-0.05, 0) is 45.9 Å². The first kappa shape index (κ1) is 11.9. The van der Waals surface area contributed by atoms with Gasteiger partial charge in [0.05, 0.1) is 15.7 Å². The van der Waals surface area contributed by atoms with Crippen LogP contribution in [0.15, 0.2) is 47.4 Å². The van der Waals surface area contributed by atoms with Crippen LogP contribution in [0.3, 0.4) is 0 Å². The zero-order valence-corrected chi connectivity index (χ0v) is 10.5. The molecule has 0 N–H and O–H groups in total. The van der Waals surface area contributed by atoms with Crippen molar-refractivity contribution in [2.75, 3.05) is 0 Å². The third-order valence-corrected chi connectivity index (χ3v) is 4.30. The molecule has 0 unspecified atom stereocenters. The van der Waals surface area contributed by atoms with Crippen molar-refractivity contribution in [1.29, 1.82) is 0 Å². The lowest BCUT2D eigenvalue weighted by atomic mass is 9.64. The molecule has 0 aliphatic carbocycles. The first-order valence-corrected chi connectivity index (χ1v) is 6.51. The van der Waals surface area contributed by atoms with Gasteiger partial charge in [-0.2, -0.15) is 0 Å². The van der Waals surface area contributed by atoms with E-state index in [1.54, 1.807) is 6.07 Å². The highest BCUT2D eigenvalue weighted by molar-refractivity contribution is 8.02. The van der Waals surface area contributed by atoms with E-state index in [-0.39, 0.29) is 5.82 Å². The zero-order chi connectivity index (χ0) is 12.8. The van der Waals surface area contributed by atoms with E-state index in [4.69, 9.17) is 15.7 Å². The molecular formula is C14H9B2FS. The van der Waals surface area contributed by atoms with Crippen LogP contribution in [-0.2, 0) is 11.0 Å². The van der Waals surface area contributed by atoms with E-state index < -0.39 is 4.55 Å². The molecule has 18 heavy (non-hydrogen) atoms. The summed E-state index contributed by atoms with van der Waals surface area (Å²) in [5.41, 5.74) is 2.83. The molecule has 0 spiro atoms. The number of hydrogen-bond donors (Lipinski definition) is 0. The number of benzene rings is 2. The lowest BCUT2D eigenvalue weighted by molar-refractivity contribution is 0.625. The van der Waals surface area contributed by atoms with Crippen molar-refractivity contribution in [2.24, 2.45) is 0 Å². The number of halogens is 1. The molecule has 0 bridgehead atoms. The highest BCUT2D eigenvalue weighted by atomic mass is 32.2. The highest BCUT2D eigenvalue weighted by Crippen LogP contribution is 2.43. The van der Waals surface area contributed by atoms with E-state index >= 15 is 0 Å². The van der Waals surface area contributed by atoms with Gasteiger partial charge >= 0.3 is 0 Å². The van der Waals surface area contributed by atoms with Crippen LogP contribution in [0.25, 0.3) is 0 Å². The predicted molar refractivity (Wildman–Crippen MR) is 74.7 cm³/mol. The molecule has 0 fully saturated rings. The van der Waals surface area contributed by atoms with Crippen LogP contribution in [0.2, 0.25) is 0 Å². The smallest absolute Gasteiger partial charge is 0.123 e. The van der Waals surface area contributed by atoms with Gasteiger partial charge in [-0.1, -0.05) is 24.3 Å². The van der Waals surface area contributed by atoms with E-state index in [9.17, 15) is 4.39 Å². The number of thioether (sulfide) groups is 1. The van der Waals surface area contributed by atoms with Crippen molar-refractivity contribution in [3.8, 4) is 0 Å². The summed E-state index contributed by atoms with van der Waals surface area (Å²) < 4.78 is 12.3. The fourth-order valence-electron chi connectivity index (χ4n) is 2.26. The largest absolute Gasteiger partial charge is 0.207 e. The Morgan fingerprint density at radius 3 is 2.67 bits per heavy atom. The fourth-order valence-corrected chi connectivity index (χ4v) is 3.34. The Morgan fingerprint density at radius 1 is 1.06 bits per heavy atom. The van der Waals surface area contributed by atoms with Crippen molar-refractivity contribution >= 4 is 27.5 Å². The van der Waals surface area contributed by atoms with Crippen molar-refractivity contribution in [1.82, 2.24) is 0 Å². The summed E-state index contributed by atoms with van der Waals surface area (Å²) in [6, 6.07) is 12.7. The molecule has 84 valence electrons. The molecule has 0 saturated carbocycles. The van der Waals surface area contributed by atoms with Crippen molar-refractivity contribution < 1.29 is 4.39 Å². The summed E-state index contributed by atoms with van der Waals surface area (Å²) in [4.78, 5) is 1.05. The predicted octanol–water partition coefficient (Wildman–Crippen LogP) is 2.97. The third-order valence-electron chi connectivity index (χ3n) is 3.13. The van der Waals surface area contributed by atoms with Crippen molar-refractivity contribution in [2.45, 2.75) is 15.9 Å². The quantitative estimate of drug-likeness (QED) is 0.647. The van der Waals surface area contributed by atoms with Gasteiger partial charge in [-0.25, -0.2) is 4.39 Å². The zero-order valence-electron chi connectivity index (χ0n) is 9.69. The molecule has 0 amide bonds. The SMILES string of the molecule is [B]C1([B])Sc2ccccc2Cc2ccc(F)cc21. The molecule has 1 heterocycles. The maximum absolute atomic E-state index is 13.4.